The average Bonchev–Trinajstić information content (AvgIpc) is 3.46. The Kier molecular flexibility index (Phi) is 48.1. The van der Waals surface area contributed by atoms with E-state index in [1.807, 2.05) is 32.8 Å². The van der Waals surface area contributed by atoms with E-state index in [0.717, 1.165) is 90.8 Å². The number of Topliss-reactive ketones (excluding diaryl/α,β-unsaturated/α-hetero) is 2. The molecular formula is C57H99ClLiMgN5O18. The van der Waals surface area contributed by atoms with E-state index in [0.29, 0.717) is 51.7 Å². The number of halogens is 1. The average molecular weight is 1210 g/mol. The van der Waals surface area contributed by atoms with Crippen LogP contribution in [0.15, 0.2) is 0 Å². The van der Waals surface area contributed by atoms with Crippen molar-refractivity contribution < 1.29 is 119 Å². The molecule has 26 heteroatoms. The number of likely N-dealkylation sites (N-methyl/N-ethyl adjacent to an activating group) is 2. The number of esters is 4. The van der Waals surface area contributed by atoms with Crippen LogP contribution in [-0.4, -0.2) is 234 Å². The second-order valence-electron chi connectivity index (χ2n) is 21.9. The first kappa shape index (κ1) is 87.9. The third-order valence-corrected chi connectivity index (χ3v) is 15.3. The van der Waals surface area contributed by atoms with Crippen molar-refractivity contribution in [2.75, 3.05) is 75.3 Å². The summed E-state index contributed by atoms with van der Waals surface area (Å²) in [6.45, 7) is 20.2. The smallest absolute Gasteiger partial charge is 1.00 e. The number of hydrogen-bond donors (Lipinski definition) is 2. The Bertz CT molecular complexity index is 2020. The third-order valence-electron chi connectivity index (χ3n) is 15.3. The first-order chi connectivity index (χ1) is 37.0. The van der Waals surface area contributed by atoms with E-state index in [1.54, 1.807) is 27.7 Å². The first-order valence-corrected chi connectivity index (χ1v) is 28.0. The number of ether oxygens (including phenoxy) is 4. The van der Waals surface area contributed by atoms with Gasteiger partial charge in [-0.25, -0.2) is 19.2 Å². The van der Waals surface area contributed by atoms with Gasteiger partial charge in [-0.1, -0.05) is 61.3 Å². The molecule has 3 amide bonds. The van der Waals surface area contributed by atoms with Crippen LogP contribution in [0, 0.1) is 16.7 Å². The minimum Gasteiger partial charge on any atom is -1.00 e. The first-order valence-electron chi connectivity index (χ1n) is 28.0. The van der Waals surface area contributed by atoms with Gasteiger partial charge in [-0.05, 0) is 123 Å². The Morgan fingerprint density at radius 1 is 0.458 bits per heavy atom. The standard InChI is InChI=1S/C14H23NO4.C13H21NO4.C10H15NO5.C8H15NO2.C7H13NO2.C5H11.ClH.Li.Mg.H2O/c1-5-14(2,3)11(16)12(17)15-9-7-6-8-10(15)13(18)19-4;1-4-13(2,3)10(15)11(16)14-8-6-5-7-9(14)12(17)18;1-15-9(13)7-5-3-4-6-11(7)8(12)10(14)16-2;1-9-6-4-3-5-7(9)8(10)11-2;1-8-5-3-2-4-6(8)7(9)10;1-4-5(2)3;;;;/h10H,5-9H2,1-4H3;9H,4-8H2,1-3H3,(H,17,18);7H,3-6H2,1-2H3;7H,3-6H2,1-2H3;6H,2-5H2,1H3,(H,9,10);4H2,1-3H3;1H;;;1H2/q;;;;;-1;;+1;+2;/p-2/t10-;9-;2*7-;6-;;;;;/m00000...../s1. The summed E-state index contributed by atoms with van der Waals surface area (Å²) in [7, 11) is 9.00. The van der Waals surface area contributed by atoms with Gasteiger partial charge in [0.25, 0.3) is 11.8 Å². The maximum Gasteiger partial charge on any atom is 2.00 e. The number of carbonyl (C=O) groups is 11. The molecule has 0 aromatic heterocycles. The minimum atomic E-state index is -1.02. The number of amides is 3. The number of aliphatic carboxylic acids is 2. The number of carboxylic acid groups (broad SMARTS) is 2. The monoisotopic (exact) mass is 1210 g/mol. The Labute approximate surface area is 528 Å². The van der Waals surface area contributed by atoms with Gasteiger partial charge in [0.15, 0.2) is 0 Å². The fourth-order valence-electron chi connectivity index (χ4n) is 8.80. The fourth-order valence-corrected chi connectivity index (χ4v) is 8.80. The van der Waals surface area contributed by atoms with Crippen LogP contribution < -0.4 is 31.3 Å². The molecule has 5 heterocycles. The van der Waals surface area contributed by atoms with Gasteiger partial charge in [0.2, 0.25) is 11.6 Å². The van der Waals surface area contributed by atoms with Gasteiger partial charge in [-0.2, -0.15) is 20.3 Å². The van der Waals surface area contributed by atoms with Gasteiger partial charge in [0.05, 0.1) is 28.4 Å². The maximum absolute atomic E-state index is 12.3. The zero-order valence-corrected chi connectivity index (χ0v) is 55.1. The number of carboxylic acids is 2. The van der Waals surface area contributed by atoms with Crippen LogP contribution in [0.1, 0.15) is 178 Å². The van der Waals surface area contributed by atoms with Crippen molar-refractivity contribution in [1.29, 1.82) is 0 Å². The Hall–Kier alpha value is -3.90. The van der Waals surface area contributed by atoms with Crippen molar-refractivity contribution in [3.05, 3.63) is 5.92 Å². The molecule has 0 radical (unpaired) electrons. The zero-order chi connectivity index (χ0) is 60.8. The van der Waals surface area contributed by atoms with E-state index in [4.69, 9.17) is 14.9 Å². The molecule has 83 heavy (non-hydrogen) atoms. The van der Waals surface area contributed by atoms with Crippen LogP contribution in [0.5, 0.6) is 0 Å². The number of carbonyl (C=O) groups excluding carboxylic acids is 9. The summed E-state index contributed by atoms with van der Waals surface area (Å²) >= 11 is 0. The van der Waals surface area contributed by atoms with Crippen LogP contribution in [0.2, 0.25) is 0 Å². The summed E-state index contributed by atoms with van der Waals surface area (Å²) < 4.78 is 18.3. The molecular weight excluding hydrogens is 1110 g/mol. The van der Waals surface area contributed by atoms with E-state index in [2.05, 4.69) is 39.9 Å². The molecule has 5 aliphatic rings. The largest absolute Gasteiger partial charge is 2.00 e. The number of nitrogens with zero attached hydrogens (tertiary/aromatic N) is 5. The summed E-state index contributed by atoms with van der Waals surface area (Å²) in [4.78, 5) is 135. The summed E-state index contributed by atoms with van der Waals surface area (Å²) in [5.74, 6) is -5.05. The summed E-state index contributed by atoms with van der Waals surface area (Å²) in [5.41, 5.74) is -1.41. The Morgan fingerprint density at radius 3 is 0.988 bits per heavy atom. The van der Waals surface area contributed by atoms with Crippen LogP contribution >= 0.6 is 0 Å². The molecule has 5 atom stereocenters. The summed E-state index contributed by atoms with van der Waals surface area (Å²) in [6, 6.07) is -2.33. The molecule has 0 aliphatic carbocycles. The number of likely N-dealkylation sites (tertiary alicyclic amines) is 5. The number of piperidine rings is 5. The molecule has 0 bridgehead atoms. The fraction of sp³-hybridized carbons (Fsp3) is 0.789. The van der Waals surface area contributed by atoms with E-state index in [1.165, 1.54) is 54.8 Å². The van der Waals surface area contributed by atoms with Crippen molar-refractivity contribution in [1.82, 2.24) is 24.5 Å². The van der Waals surface area contributed by atoms with Gasteiger partial charge < -0.3 is 67.7 Å². The predicted molar refractivity (Wildman–Crippen MR) is 303 cm³/mol. The van der Waals surface area contributed by atoms with Gasteiger partial charge in [-0.3, -0.25) is 43.4 Å². The molecule has 470 valence electrons. The van der Waals surface area contributed by atoms with Crippen LogP contribution in [-0.2, 0) is 71.7 Å². The second kappa shape index (κ2) is 45.4. The second-order valence-corrected chi connectivity index (χ2v) is 21.9. The molecule has 0 saturated carbocycles. The SMILES string of the molecule is CCC(C)(C)C(=O)C(=O)N1CCCC[C@H]1C(=O)O.CCC(C)(C)C(=O)C(=O)N1CCCC[C@H]1C(=O)OC.CC[C-](C)C.CN1CCCC[C@H]1C(=O)O.COC(=O)C(=O)N1CCCC[C@H]1C(=O)OC.COC(=O)[C@@H]1CCCCN1C.[Cl-].[Li+].[Mg+2].[OH-]. The third kappa shape index (κ3) is 29.8. The van der Waals surface area contributed by atoms with E-state index < -0.39 is 88.1 Å². The van der Waals surface area contributed by atoms with Crippen LogP contribution in [0.25, 0.3) is 0 Å². The van der Waals surface area contributed by atoms with Gasteiger partial charge in [0.1, 0.15) is 30.2 Å². The molecule has 0 aromatic rings. The number of ketones is 2. The van der Waals surface area contributed by atoms with Crippen LogP contribution in [0.4, 0.5) is 0 Å². The topological polar surface area (TPSA) is 311 Å². The molecule has 5 fully saturated rings. The number of hydrogen-bond acceptors (Lipinski definition) is 18. The minimum absolute atomic E-state index is 0. The molecule has 5 saturated heterocycles. The van der Waals surface area contributed by atoms with Crippen molar-refractivity contribution in [3.8, 4) is 0 Å². The molecule has 0 spiro atoms. The van der Waals surface area contributed by atoms with E-state index >= 15 is 0 Å². The molecule has 5 rings (SSSR count). The predicted octanol–water partition coefficient (Wildman–Crippen LogP) is -0.623. The molecule has 0 aromatic carbocycles. The van der Waals surface area contributed by atoms with Crippen molar-refractivity contribution in [3.63, 3.8) is 0 Å². The quantitative estimate of drug-likeness (QED) is 0.0809. The number of methoxy groups -OCH3 is 4. The van der Waals surface area contributed by atoms with Crippen LogP contribution in [0.3, 0.4) is 0 Å². The van der Waals surface area contributed by atoms with Crippen molar-refractivity contribution in [2.45, 2.75) is 208 Å². The van der Waals surface area contributed by atoms with E-state index in [9.17, 15) is 52.7 Å². The van der Waals surface area contributed by atoms with Crippen molar-refractivity contribution in [2.24, 2.45) is 10.8 Å². The molecule has 23 nitrogen and oxygen atoms in total. The maximum atomic E-state index is 12.3. The molecule has 5 aliphatic heterocycles. The zero-order valence-electron chi connectivity index (χ0n) is 52.9. The van der Waals surface area contributed by atoms with Gasteiger partial charge >= 0.3 is 83.6 Å². The normalized spacial score (nSPS) is 20.4. The van der Waals surface area contributed by atoms with E-state index in [-0.39, 0.29) is 77.8 Å². The molecule has 3 N–H and O–H groups in total. The summed E-state index contributed by atoms with van der Waals surface area (Å²) in [6.07, 6.45) is 15.0. The van der Waals surface area contributed by atoms with Gasteiger partial charge in [-0.15, -0.1) is 0 Å². The summed E-state index contributed by atoms with van der Waals surface area (Å²) in [5, 5.41) is 17.8. The van der Waals surface area contributed by atoms with Gasteiger partial charge in [0, 0.05) is 30.5 Å². The van der Waals surface area contributed by atoms with Crippen molar-refractivity contribution >= 4 is 88.2 Å². The number of rotatable bonds is 12. The Morgan fingerprint density at radius 2 is 0.723 bits per heavy atom. The Balaban J connectivity index is -0.000000300. The molecule has 0 unspecified atom stereocenters.